The van der Waals surface area contributed by atoms with E-state index in [1.807, 2.05) is 47.9 Å². The molecule has 1 amide bonds. The summed E-state index contributed by atoms with van der Waals surface area (Å²) in [6, 6.07) is 15.0. The Morgan fingerprint density at radius 3 is 2.50 bits per heavy atom. The molecule has 0 saturated heterocycles. The number of pyridine rings is 1. The Morgan fingerprint density at radius 1 is 1.12 bits per heavy atom. The van der Waals surface area contributed by atoms with Gasteiger partial charge in [-0.1, -0.05) is 23.4 Å². The van der Waals surface area contributed by atoms with Gasteiger partial charge >= 0.3 is 0 Å². The number of benzene rings is 2. The number of hydrogen-bond acceptors (Lipinski definition) is 5. The fraction of sp³-hybridized carbons (Fsp3) is 0.0909. The minimum Gasteiger partial charge on any atom is -0.323 e. The van der Waals surface area contributed by atoms with Crippen LogP contribution in [-0.4, -0.2) is 31.4 Å². The first-order valence-corrected chi connectivity index (χ1v) is 12.4. The largest absolute Gasteiger partial charge is 0.323 e. The average molecular weight is 594 g/mol. The first-order valence-electron chi connectivity index (χ1n) is 9.42. The summed E-state index contributed by atoms with van der Waals surface area (Å²) in [5, 5.41) is 12.9. The highest BCUT2D eigenvalue weighted by Crippen LogP contribution is 2.33. The summed E-state index contributed by atoms with van der Waals surface area (Å²) < 4.78 is 3.51. The van der Waals surface area contributed by atoms with Crippen LogP contribution in [0.2, 0.25) is 5.02 Å². The molecule has 1 N–H and O–H groups in total. The van der Waals surface area contributed by atoms with E-state index in [4.69, 9.17) is 11.6 Å². The Kier molecular flexibility index (Phi) is 7.30. The van der Waals surface area contributed by atoms with Gasteiger partial charge in [0.25, 0.3) is 0 Å². The van der Waals surface area contributed by atoms with Gasteiger partial charge in [-0.2, -0.15) is 0 Å². The number of anilines is 1. The van der Waals surface area contributed by atoms with Gasteiger partial charge in [-0.25, -0.2) is 0 Å². The lowest BCUT2D eigenvalue weighted by molar-refractivity contribution is -0.113. The Morgan fingerprint density at radius 2 is 1.84 bits per heavy atom. The summed E-state index contributed by atoms with van der Waals surface area (Å²) >= 11 is 14.4. The van der Waals surface area contributed by atoms with E-state index in [2.05, 4.69) is 52.4 Å². The van der Waals surface area contributed by atoms with E-state index in [-0.39, 0.29) is 11.7 Å². The number of halogens is 3. The van der Waals surface area contributed by atoms with Crippen LogP contribution in [0.5, 0.6) is 0 Å². The highest BCUT2D eigenvalue weighted by Gasteiger charge is 2.18. The lowest BCUT2D eigenvalue weighted by Gasteiger charge is -2.12. The molecule has 4 aromatic rings. The average Bonchev–Trinajstić information content (AvgIpc) is 3.20. The van der Waals surface area contributed by atoms with E-state index >= 15 is 0 Å². The monoisotopic (exact) mass is 591 g/mol. The molecule has 0 spiro atoms. The van der Waals surface area contributed by atoms with E-state index in [0.29, 0.717) is 21.7 Å². The second-order valence-electron chi connectivity index (χ2n) is 6.80. The Balaban J connectivity index is 1.59. The first-order chi connectivity index (χ1) is 15.4. The highest BCUT2D eigenvalue weighted by atomic mass is 79.9. The van der Waals surface area contributed by atoms with E-state index in [0.717, 1.165) is 25.8 Å². The Hall–Kier alpha value is -2.20. The van der Waals surface area contributed by atoms with Crippen LogP contribution in [0.1, 0.15) is 5.56 Å². The lowest BCUT2D eigenvalue weighted by Crippen LogP contribution is -2.15. The standard InChI is InChI=1S/C22H16Br2ClN5OS/c1-13-9-17(23)20(18(24)10-13)27-19(31)12-32-22-29-28-21(14-3-2-8-26-11-14)30(22)16-6-4-15(25)5-7-16/h2-11H,12H2,1H3,(H,27,31). The quantitative estimate of drug-likeness (QED) is 0.257. The van der Waals surface area contributed by atoms with Crippen molar-refractivity contribution in [3.05, 3.63) is 80.5 Å². The van der Waals surface area contributed by atoms with Gasteiger partial charge in [-0.3, -0.25) is 14.3 Å². The van der Waals surface area contributed by atoms with Gasteiger partial charge in [-0.05, 0) is 92.9 Å². The zero-order valence-corrected chi connectivity index (χ0v) is 21.5. The van der Waals surface area contributed by atoms with Crippen LogP contribution < -0.4 is 5.32 Å². The fourth-order valence-corrected chi connectivity index (χ4v) is 5.48. The zero-order chi connectivity index (χ0) is 22.7. The maximum atomic E-state index is 12.7. The molecule has 0 fully saturated rings. The second kappa shape index (κ2) is 10.2. The smallest absolute Gasteiger partial charge is 0.234 e. The van der Waals surface area contributed by atoms with E-state index in [9.17, 15) is 4.79 Å². The van der Waals surface area contributed by atoms with Crippen molar-refractivity contribution < 1.29 is 4.79 Å². The number of aryl methyl sites for hydroxylation is 1. The molecule has 0 unspecified atom stereocenters. The van der Waals surface area contributed by atoms with Crippen molar-refractivity contribution >= 4 is 66.8 Å². The number of amides is 1. The van der Waals surface area contributed by atoms with E-state index < -0.39 is 0 Å². The number of carbonyl (C=O) groups excluding carboxylic acids is 1. The van der Waals surface area contributed by atoms with Gasteiger partial charge < -0.3 is 5.32 Å². The van der Waals surface area contributed by atoms with Gasteiger partial charge in [0.1, 0.15) is 0 Å². The maximum absolute atomic E-state index is 12.7. The van der Waals surface area contributed by atoms with Gasteiger partial charge in [0.05, 0.1) is 11.4 Å². The molecule has 6 nitrogen and oxygen atoms in total. The van der Waals surface area contributed by atoms with Crippen LogP contribution in [0.15, 0.2) is 75.0 Å². The van der Waals surface area contributed by atoms with Crippen molar-refractivity contribution in [1.29, 1.82) is 0 Å². The number of carbonyl (C=O) groups is 1. The molecule has 2 heterocycles. The molecule has 0 atom stereocenters. The first kappa shape index (κ1) is 23.0. The number of nitrogens with zero attached hydrogens (tertiary/aromatic N) is 4. The third-order valence-electron chi connectivity index (χ3n) is 4.42. The van der Waals surface area contributed by atoms with Gasteiger partial charge in [0.15, 0.2) is 11.0 Å². The number of hydrogen-bond donors (Lipinski definition) is 1. The molecule has 0 bridgehead atoms. The molecule has 0 radical (unpaired) electrons. The van der Waals surface area contributed by atoms with Crippen molar-refractivity contribution in [3.63, 3.8) is 0 Å². The number of nitrogens with one attached hydrogen (secondary N) is 1. The minimum atomic E-state index is -0.158. The normalized spacial score (nSPS) is 10.9. The number of rotatable bonds is 6. The summed E-state index contributed by atoms with van der Waals surface area (Å²) in [6.45, 7) is 1.99. The molecular formula is C22H16Br2ClN5OS. The van der Waals surface area contributed by atoms with Gasteiger partial charge in [0, 0.05) is 37.6 Å². The second-order valence-corrected chi connectivity index (χ2v) is 9.89. The van der Waals surface area contributed by atoms with Crippen LogP contribution in [0.3, 0.4) is 0 Å². The topological polar surface area (TPSA) is 72.7 Å². The Bertz CT molecular complexity index is 1240. The summed E-state index contributed by atoms with van der Waals surface area (Å²) in [7, 11) is 0. The number of thioether (sulfide) groups is 1. The van der Waals surface area contributed by atoms with Crippen LogP contribution in [0, 0.1) is 6.92 Å². The summed E-state index contributed by atoms with van der Waals surface area (Å²) in [4.78, 5) is 16.9. The van der Waals surface area contributed by atoms with Crippen LogP contribution >= 0.6 is 55.2 Å². The van der Waals surface area contributed by atoms with Gasteiger partial charge in [0.2, 0.25) is 5.91 Å². The van der Waals surface area contributed by atoms with Crippen LogP contribution in [0.4, 0.5) is 5.69 Å². The molecule has 162 valence electrons. The zero-order valence-electron chi connectivity index (χ0n) is 16.7. The highest BCUT2D eigenvalue weighted by molar-refractivity contribution is 9.11. The lowest BCUT2D eigenvalue weighted by atomic mass is 10.2. The predicted molar refractivity (Wildman–Crippen MR) is 136 cm³/mol. The molecule has 0 aliphatic rings. The molecule has 4 rings (SSSR count). The summed E-state index contributed by atoms with van der Waals surface area (Å²) in [6.07, 6.45) is 3.43. The van der Waals surface area contributed by atoms with Gasteiger partial charge in [-0.15, -0.1) is 10.2 Å². The molecule has 2 aromatic carbocycles. The molecule has 0 aliphatic carbocycles. The SMILES string of the molecule is Cc1cc(Br)c(NC(=O)CSc2nnc(-c3cccnc3)n2-c2ccc(Cl)cc2)c(Br)c1. The third kappa shape index (κ3) is 5.23. The van der Waals surface area contributed by atoms with Crippen LogP contribution in [-0.2, 0) is 4.79 Å². The molecule has 0 aliphatic heterocycles. The minimum absolute atomic E-state index is 0.158. The molecular weight excluding hydrogens is 578 g/mol. The Labute approximate surface area is 211 Å². The number of aromatic nitrogens is 4. The molecule has 0 saturated carbocycles. The molecule has 10 heteroatoms. The summed E-state index contributed by atoms with van der Waals surface area (Å²) in [5.74, 6) is 0.632. The van der Waals surface area contributed by atoms with Crippen molar-refractivity contribution in [2.45, 2.75) is 12.1 Å². The maximum Gasteiger partial charge on any atom is 0.234 e. The predicted octanol–water partition coefficient (Wildman–Crippen LogP) is 6.55. The van der Waals surface area contributed by atoms with Crippen molar-refractivity contribution in [2.24, 2.45) is 0 Å². The third-order valence-corrected chi connectivity index (χ3v) is 6.85. The van der Waals surface area contributed by atoms with Crippen molar-refractivity contribution in [3.8, 4) is 17.1 Å². The van der Waals surface area contributed by atoms with E-state index in [1.54, 1.807) is 24.5 Å². The summed E-state index contributed by atoms with van der Waals surface area (Å²) in [5.41, 5.74) is 3.43. The molecule has 32 heavy (non-hydrogen) atoms. The van der Waals surface area contributed by atoms with E-state index in [1.165, 1.54) is 11.8 Å². The van der Waals surface area contributed by atoms with Crippen molar-refractivity contribution in [2.75, 3.05) is 11.1 Å². The fourth-order valence-electron chi connectivity index (χ4n) is 2.99. The van der Waals surface area contributed by atoms with Crippen LogP contribution in [0.25, 0.3) is 17.1 Å². The van der Waals surface area contributed by atoms with Crippen molar-refractivity contribution in [1.82, 2.24) is 19.7 Å². The molecule has 2 aromatic heterocycles.